The van der Waals surface area contributed by atoms with Crippen molar-refractivity contribution in [3.05, 3.63) is 32.9 Å². The number of aliphatic hydroxyl groups is 2. The Kier molecular flexibility index (Phi) is 4.62. The molecule has 0 spiro atoms. The molecule has 2 heterocycles. The predicted octanol–water partition coefficient (Wildman–Crippen LogP) is 3.44. The average molecular weight is 379 g/mol. The lowest BCUT2D eigenvalue weighted by Crippen LogP contribution is -2.24. The number of hydrogen-bond donors (Lipinski definition) is 2. The number of aromatic nitrogens is 1. The normalized spacial score (nSPS) is 24.5. The van der Waals surface area contributed by atoms with Crippen LogP contribution in [0, 0.1) is 0 Å². The van der Waals surface area contributed by atoms with Crippen LogP contribution in [-0.4, -0.2) is 39.4 Å². The maximum atomic E-state index is 12.0. The van der Waals surface area contributed by atoms with Crippen LogP contribution >= 0.6 is 34.8 Å². The molecule has 1 aromatic carbocycles. The minimum atomic E-state index is -0.818. The highest BCUT2D eigenvalue weighted by Gasteiger charge is 2.37. The predicted molar refractivity (Wildman–Crippen MR) is 88.6 cm³/mol. The molecule has 3 rings (SSSR count). The molecule has 1 fully saturated rings. The van der Waals surface area contributed by atoms with Crippen LogP contribution in [0.4, 0.5) is 0 Å². The van der Waals surface area contributed by atoms with Crippen molar-refractivity contribution >= 4 is 51.5 Å². The third-order valence-electron chi connectivity index (χ3n) is 4.01. The van der Waals surface area contributed by atoms with E-state index in [0.717, 1.165) is 0 Å². The van der Waals surface area contributed by atoms with Gasteiger partial charge in [0, 0.05) is 11.8 Å². The molecule has 1 aliphatic heterocycles. The van der Waals surface area contributed by atoms with Gasteiger partial charge in [-0.3, -0.25) is 4.79 Å². The summed E-state index contributed by atoms with van der Waals surface area (Å²) < 4.78 is 7.26. The second-order valence-electron chi connectivity index (χ2n) is 5.49. The van der Waals surface area contributed by atoms with Gasteiger partial charge in [0.05, 0.1) is 33.8 Å². The van der Waals surface area contributed by atoms with E-state index in [1.807, 2.05) is 0 Å². The number of ketones is 1. The van der Waals surface area contributed by atoms with E-state index in [1.54, 1.807) is 16.7 Å². The van der Waals surface area contributed by atoms with E-state index in [4.69, 9.17) is 39.5 Å². The summed E-state index contributed by atoms with van der Waals surface area (Å²) in [6.07, 6.45) is -1.88. The van der Waals surface area contributed by atoms with Gasteiger partial charge in [0.15, 0.2) is 5.78 Å². The summed E-state index contributed by atoms with van der Waals surface area (Å²) in [5.74, 6) is -0.214. The minimum Gasteiger partial charge on any atom is -0.394 e. The molecule has 1 saturated heterocycles. The number of rotatable bonds is 3. The van der Waals surface area contributed by atoms with Gasteiger partial charge in [-0.2, -0.15) is 0 Å². The zero-order chi connectivity index (χ0) is 16.9. The minimum absolute atomic E-state index is 0.196. The quantitative estimate of drug-likeness (QED) is 0.803. The van der Waals surface area contributed by atoms with Crippen molar-refractivity contribution in [2.24, 2.45) is 0 Å². The number of benzene rings is 1. The van der Waals surface area contributed by atoms with Crippen molar-refractivity contribution in [3.63, 3.8) is 0 Å². The Bertz CT molecular complexity index is 789. The summed E-state index contributed by atoms with van der Waals surface area (Å²) in [4.78, 5) is 12.0. The number of Topliss-reactive ketones (excluding diaryl/α,β-unsaturated/α-hetero) is 1. The summed E-state index contributed by atoms with van der Waals surface area (Å²) in [7, 11) is 0. The zero-order valence-electron chi connectivity index (χ0n) is 12.1. The maximum absolute atomic E-state index is 12.0. The number of nitrogens with zero attached hydrogens (tertiary/aromatic N) is 1. The largest absolute Gasteiger partial charge is 0.394 e. The first kappa shape index (κ1) is 17.0. The lowest BCUT2D eigenvalue weighted by molar-refractivity contribution is -0.0428. The molecule has 23 heavy (non-hydrogen) atoms. The van der Waals surface area contributed by atoms with E-state index in [-0.39, 0.29) is 24.0 Å². The second kappa shape index (κ2) is 6.24. The highest BCUT2D eigenvalue weighted by molar-refractivity contribution is 6.43. The molecular weight excluding hydrogens is 365 g/mol. The van der Waals surface area contributed by atoms with Crippen molar-refractivity contribution in [2.45, 2.75) is 31.8 Å². The van der Waals surface area contributed by atoms with E-state index in [2.05, 4.69) is 0 Å². The monoisotopic (exact) mass is 377 g/mol. The molecular formula is C15H14Cl3NO4. The lowest BCUT2D eigenvalue weighted by atomic mass is 10.1. The van der Waals surface area contributed by atoms with Crippen molar-refractivity contribution in [3.8, 4) is 0 Å². The van der Waals surface area contributed by atoms with Gasteiger partial charge >= 0.3 is 0 Å². The van der Waals surface area contributed by atoms with E-state index in [9.17, 15) is 15.0 Å². The molecule has 8 heteroatoms. The first-order valence-electron chi connectivity index (χ1n) is 6.99. The van der Waals surface area contributed by atoms with Gasteiger partial charge in [-0.05, 0) is 19.1 Å². The number of carbonyl (C=O) groups is 1. The fraction of sp³-hybridized carbons (Fsp3) is 0.400. The first-order chi connectivity index (χ1) is 10.8. The molecule has 0 aliphatic carbocycles. The molecule has 0 amide bonds. The van der Waals surface area contributed by atoms with Crippen LogP contribution < -0.4 is 0 Å². The van der Waals surface area contributed by atoms with Gasteiger partial charge in [0.2, 0.25) is 0 Å². The Hall–Kier alpha value is -0.820. The number of fused-ring (bicyclic) bond motifs is 1. The van der Waals surface area contributed by atoms with Crippen LogP contribution in [0.5, 0.6) is 0 Å². The van der Waals surface area contributed by atoms with Crippen molar-refractivity contribution in [1.82, 2.24) is 4.57 Å². The number of ether oxygens (including phenoxy) is 1. The van der Waals surface area contributed by atoms with E-state index >= 15 is 0 Å². The topological polar surface area (TPSA) is 71.7 Å². The Balaban J connectivity index is 2.23. The number of hydrogen-bond acceptors (Lipinski definition) is 4. The van der Waals surface area contributed by atoms with Gasteiger partial charge in [-0.15, -0.1) is 0 Å². The molecule has 2 N–H and O–H groups in total. The van der Waals surface area contributed by atoms with Crippen LogP contribution in [0.15, 0.2) is 12.1 Å². The molecule has 0 unspecified atom stereocenters. The van der Waals surface area contributed by atoms with Crippen LogP contribution in [0.1, 0.15) is 29.9 Å². The molecule has 0 bridgehead atoms. The summed E-state index contributed by atoms with van der Waals surface area (Å²) in [5, 5.41) is 20.6. The third kappa shape index (κ3) is 2.76. The Morgan fingerprint density at radius 2 is 2.00 bits per heavy atom. The van der Waals surface area contributed by atoms with E-state index < -0.39 is 18.4 Å². The molecule has 2 aromatic rings. The van der Waals surface area contributed by atoms with Crippen molar-refractivity contribution < 1.29 is 19.7 Å². The number of carbonyl (C=O) groups excluding carboxylic acids is 1. The third-order valence-corrected chi connectivity index (χ3v) is 5.10. The zero-order valence-corrected chi connectivity index (χ0v) is 14.4. The van der Waals surface area contributed by atoms with Crippen molar-refractivity contribution in [2.75, 3.05) is 6.61 Å². The lowest BCUT2D eigenvalue weighted by Gasteiger charge is -2.16. The fourth-order valence-electron chi connectivity index (χ4n) is 2.93. The Morgan fingerprint density at radius 1 is 1.35 bits per heavy atom. The van der Waals surface area contributed by atoms with Gasteiger partial charge in [-0.1, -0.05) is 34.8 Å². The van der Waals surface area contributed by atoms with Gasteiger partial charge in [0.25, 0.3) is 0 Å². The SMILES string of the molecule is CC(=O)c1c(Cl)n([C@H]2C[C@H](O)[C@@H](CO)O2)c2cc(Cl)c(Cl)cc12. The molecule has 124 valence electrons. The molecule has 1 aromatic heterocycles. The molecule has 0 radical (unpaired) electrons. The van der Waals surface area contributed by atoms with Gasteiger partial charge in [-0.25, -0.2) is 0 Å². The summed E-state index contributed by atoms with van der Waals surface area (Å²) in [6.45, 7) is 1.11. The van der Waals surface area contributed by atoms with E-state index in [0.29, 0.717) is 26.5 Å². The first-order valence-corrected chi connectivity index (χ1v) is 8.12. The molecule has 1 aliphatic rings. The number of aliphatic hydroxyl groups excluding tert-OH is 2. The second-order valence-corrected chi connectivity index (χ2v) is 6.66. The van der Waals surface area contributed by atoms with E-state index in [1.165, 1.54) is 6.92 Å². The Labute approximate surface area is 147 Å². The molecule has 3 atom stereocenters. The average Bonchev–Trinajstić information content (AvgIpc) is 2.96. The number of halogens is 3. The highest BCUT2D eigenvalue weighted by atomic mass is 35.5. The molecule has 5 nitrogen and oxygen atoms in total. The van der Waals surface area contributed by atoms with Crippen LogP contribution in [0.25, 0.3) is 10.9 Å². The summed E-state index contributed by atoms with van der Waals surface area (Å²) in [5.41, 5.74) is 0.913. The smallest absolute Gasteiger partial charge is 0.163 e. The fourth-order valence-corrected chi connectivity index (χ4v) is 3.68. The van der Waals surface area contributed by atoms with Crippen LogP contribution in [0.3, 0.4) is 0 Å². The van der Waals surface area contributed by atoms with Gasteiger partial charge in [0.1, 0.15) is 17.5 Å². The van der Waals surface area contributed by atoms with Crippen molar-refractivity contribution in [1.29, 1.82) is 0 Å². The summed E-state index contributed by atoms with van der Waals surface area (Å²) in [6, 6.07) is 3.20. The highest BCUT2D eigenvalue weighted by Crippen LogP contribution is 2.41. The summed E-state index contributed by atoms with van der Waals surface area (Å²) >= 11 is 18.5. The Morgan fingerprint density at radius 3 is 2.57 bits per heavy atom. The molecule has 0 saturated carbocycles. The standard InChI is InChI=1S/C15H14Cl3NO4/c1-6(21)14-7-2-8(16)9(17)3-10(7)19(15(14)18)13-4-11(22)12(5-20)23-13/h2-3,11-13,20,22H,4-5H2,1H3/t11-,12+,13+/m0/s1. The van der Waals surface area contributed by atoms with Gasteiger partial charge < -0.3 is 19.5 Å². The van der Waals surface area contributed by atoms with Crippen LogP contribution in [0.2, 0.25) is 15.2 Å². The maximum Gasteiger partial charge on any atom is 0.163 e. The van der Waals surface area contributed by atoms with Crippen LogP contribution in [-0.2, 0) is 4.74 Å².